The molecule has 278 valence electrons. The molecule has 1 atom stereocenters. The van der Waals surface area contributed by atoms with E-state index in [9.17, 15) is 42.3 Å². The molecule has 1 heterocycles. The van der Waals surface area contributed by atoms with E-state index in [4.69, 9.17) is 9.47 Å². The second kappa shape index (κ2) is 17.0. The van der Waals surface area contributed by atoms with Crippen molar-refractivity contribution in [1.29, 1.82) is 0 Å². The van der Waals surface area contributed by atoms with Crippen molar-refractivity contribution in [3.63, 3.8) is 0 Å². The summed E-state index contributed by atoms with van der Waals surface area (Å²) in [6.07, 6.45) is -3.87. The highest BCUT2D eigenvalue weighted by molar-refractivity contribution is 6.11. The third-order valence-electron chi connectivity index (χ3n) is 8.13. The van der Waals surface area contributed by atoms with Crippen LogP contribution in [0.1, 0.15) is 91.4 Å². The zero-order valence-electron chi connectivity index (χ0n) is 29.7. The van der Waals surface area contributed by atoms with Gasteiger partial charge in [-0.2, -0.15) is 13.2 Å². The number of carbonyl (C=O) groups is 5. The number of anilines is 1. The van der Waals surface area contributed by atoms with Crippen molar-refractivity contribution in [1.82, 2.24) is 9.88 Å². The van der Waals surface area contributed by atoms with Crippen LogP contribution in [-0.2, 0) is 22.1 Å². The van der Waals surface area contributed by atoms with Gasteiger partial charge >= 0.3 is 24.1 Å². The van der Waals surface area contributed by atoms with Gasteiger partial charge in [0.1, 0.15) is 11.3 Å². The molecule has 2 N–H and O–H groups in total. The first kappa shape index (κ1) is 39.7. The Labute approximate surface area is 303 Å². The lowest BCUT2D eigenvalue weighted by atomic mass is 10.0. The highest BCUT2D eigenvalue weighted by Crippen LogP contribution is 2.32. The molecule has 14 heteroatoms. The van der Waals surface area contributed by atoms with Crippen molar-refractivity contribution < 1.29 is 51.7 Å². The van der Waals surface area contributed by atoms with Crippen molar-refractivity contribution in [2.45, 2.75) is 58.7 Å². The molecule has 0 aliphatic heterocycles. The molecule has 11 nitrogen and oxygen atoms in total. The summed E-state index contributed by atoms with van der Waals surface area (Å²) in [6.45, 7) is 5.22. The Bertz CT molecular complexity index is 2030. The normalized spacial score (nSPS) is 11.7. The standard InChI is InChI=1S/C39H38F3N3O8/c1-6-23(3)52-38(51)26-14-19-32(30(21-26)37(49)50)53-33(46)9-7-8-24-11-18-31(29(20-24)36(48)45(4)5)44-35(47)28-17-10-22(2)43-34(28)25-12-15-27(16-13-25)39(40,41)42/h10-21,23H,6-9H2,1-5H3,(H,44,47)(H,49,50). The van der Waals surface area contributed by atoms with Crippen molar-refractivity contribution in [3.05, 3.63) is 112 Å². The Hall–Kier alpha value is -6.05. The molecule has 1 aromatic heterocycles. The van der Waals surface area contributed by atoms with E-state index in [1.807, 2.05) is 6.92 Å². The van der Waals surface area contributed by atoms with Crippen molar-refractivity contribution in [2.24, 2.45) is 0 Å². The second-order valence-corrected chi connectivity index (χ2v) is 12.4. The summed E-state index contributed by atoms with van der Waals surface area (Å²) in [5.74, 6) is -4.11. The van der Waals surface area contributed by atoms with E-state index in [1.165, 1.54) is 55.4 Å². The first-order chi connectivity index (χ1) is 25.0. The minimum Gasteiger partial charge on any atom is -0.478 e. The Morgan fingerprint density at radius 1 is 0.906 bits per heavy atom. The van der Waals surface area contributed by atoms with Gasteiger partial charge in [-0.3, -0.25) is 19.4 Å². The molecule has 4 rings (SSSR count). The number of aromatic nitrogens is 1. The van der Waals surface area contributed by atoms with Gasteiger partial charge in [-0.1, -0.05) is 25.1 Å². The number of aromatic carboxylic acids is 1. The number of carbonyl (C=O) groups excluding carboxylic acids is 4. The lowest BCUT2D eigenvalue weighted by Gasteiger charge is -2.17. The molecule has 0 spiro atoms. The number of pyridine rings is 1. The maximum Gasteiger partial charge on any atom is 0.416 e. The topological polar surface area (TPSA) is 152 Å². The van der Waals surface area contributed by atoms with Crippen LogP contribution in [-0.4, -0.2) is 64.9 Å². The number of rotatable bonds is 13. The van der Waals surface area contributed by atoms with Gasteiger partial charge in [-0.15, -0.1) is 0 Å². The lowest BCUT2D eigenvalue weighted by molar-refractivity contribution is -0.137. The van der Waals surface area contributed by atoms with Crippen LogP contribution < -0.4 is 10.1 Å². The van der Waals surface area contributed by atoms with E-state index in [-0.39, 0.29) is 58.3 Å². The highest BCUT2D eigenvalue weighted by Gasteiger charge is 2.30. The predicted octanol–water partition coefficient (Wildman–Crippen LogP) is 7.61. The van der Waals surface area contributed by atoms with E-state index >= 15 is 0 Å². The Kier molecular flexibility index (Phi) is 12.7. The van der Waals surface area contributed by atoms with Crippen molar-refractivity contribution >= 4 is 35.4 Å². The summed E-state index contributed by atoms with van der Waals surface area (Å²) in [6, 6.07) is 15.8. The van der Waals surface area contributed by atoms with Crippen LogP contribution in [0, 0.1) is 6.92 Å². The summed E-state index contributed by atoms with van der Waals surface area (Å²) in [5.41, 5.74) is 0.822. The van der Waals surface area contributed by atoms with E-state index in [2.05, 4.69) is 10.3 Å². The summed E-state index contributed by atoms with van der Waals surface area (Å²) in [7, 11) is 3.07. The molecule has 2 amide bonds. The molecule has 0 aliphatic carbocycles. The van der Waals surface area contributed by atoms with Gasteiger partial charge in [0.25, 0.3) is 11.8 Å². The third kappa shape index (κ3) is 10.3. The molecular weight excluding hydrogens is 695 g/mol. The first-order valence-corrected chi connectivity index (χ1v) is 16.6. The largest absolute Gasteiger partial charge is 0.478 e. The zero-order valence-corrected chi connectivity index (χ0v) is 29.7. The molecule has 0 radical (unpaired) electrons. The van der Waals surface area contributed by atoms with E-state index in [0.717, 1.165) is 18.2 Å². The Balaban J connectivity index is 1.48. The number of carboxylic acid groups (broad SMARTS) is 1. The van der Waals surface area contributed by atoms with E-state index < -0.39 is 41.5 Å². The first-order valence-electron chi connectivity index (χ1n) is 16.6. The van der Waals surface area contributed by atoms with Crippen LogP contribution in [0.3, 0.4) is 0 Å². The van der Waals surface area contributed by atoms with Crippen LogP contribution in [0.15, 0.2) is 72.8 Å². The number of nitrogens with one attached hydrogen (secondary N) is 1. The molecule has 0 fully saturated rings. The smallest absolute Gasteiger partial charge is 0.416 e. The molecular formula is C39H38F3N3O8. The fourth-order valence-electron chi connectivity index (χ4n) is 5.10. The van der Waals surface area contributed by atoms with Gasteiger partial charge in [0.2, 0.25) is 0 Å². The lowest BCUT2D eigenvalue weighted by Crippen LogP contribution is -2.24. The SMILES string of the molecule is CCC(C)OC(=O)c1ccc(OC(=O)CCCc2ccc(NC(=O)c3ccc(C)nc3-c3ccc(C(F)(F)F)cc3)c(C(=O)N(C)C)c2)c(C(=O)O)c1. The predicted molar refractivity (Wildman–Crippen MR) is 189 cm³/mol. The molecule has 3 aromatic carbocycles. The fourth-order valence-corrected chi connectivity index (χ4v) is 5.10. The molecule has 0 saturated carbocycles. The molecule has 53 heavy (non-hydrogen) atoms. The number of carboxylic acids is 1. The van der Waals surface area contributed by atoms with Gasteiger partial charge in [0, 0.05) is 31.8 Å². The minimum atomic E-state index is -4.53. The molecule has 1 unspecified atom stereocenters. The number of nitrogens with zero attached hydrogens (tertiary/aromatic N) is 2. The minimum absolute atomic E-state index is 0.000310. The molecule has 0 aliphatic rings. The quantitative estimate of drug-likeness (QED) is 0.104. The van der Waals surface area contributed by atoms with Crippen molar-refractivity contribution in [2.75, 3.05) is 19.4 Å². The number of amides is 2. The average Bonchev–Trinajstić information content (AvgIpc) is 3.11. The Morgan fingerprint density at radius 3 is 2.23 bits per heavy atom. The summed E-state index contributed by atoms with van der Waals surface area (Å²) in [5, 5.41) is 12.4. The van der Waals surface area contributed by atoms with Gasteiger partial charge < -0.3 is 24.8 Å². The van der Waals surface area contributed by atoms with Crippen molar-refractivity contribution in [3.8, 4) is 17.0 Å². The number of aryl methyl sites for hydroxylation is 2. The van der Waals surface area contributed by atoms with Gasteiger partial charge in [0.15, 0.2) is 0 Å². The van der Waals surface area contributed by atoms with Gasteiger partial charge in [-0.05, 0) is 93.3 Å². The van der Waals surface area contributed by atoms with Crippen LogP contribution in [0.2, 0.25) is 0 Å². The third-order valence-corrected chi connectivity index (χ3v) is 8.13. The molecule has 4 aromatic rings. The number of halogens is 3. The maximum absolute atomic E-state index is 13.6. The van der Waals surface area contributed by atoms with Crippen LogP contribution >= 0.6 is 0 Å². The highest BCUT2D eigenvalue weighted by atomic mass is 19.4. The van der Waals surface area contributed by atoms with Crippen LogP contribution in [0.5, 0.6) is 5.75 Å². The number of hydrogen-bond acceptors (Lipinski definition) is 8. The monoisotopic (exact) mass is 733 g/mol. The van der Waals surface area contributed by atoms with Crippen LogP contribution in [0.25, 0.3) is 11.3 Å². The molecule has 0 saturated heterocycles. The average molecular weight is 734 g/mol. The Morgan fingerprint density at radius 2 is 1.60 bits per heavy atom. The fraction of sp³-hybridized carbons (Fsp3) is 0.282. The number of benzene rings is 3. The van der Waals surface area contributed by atoms with Gasteiger partial charge in [0.05, 0.1) is 39.7 Å². The van der Waals surface area contributed by atoms with E-state index in [1.54, 1.807) is 32.0 Å². The zero-order chi connectivity index (χ0) is 39.0. The summed E-state index contributed by atoms with van der Waals surface area (Å²) < 4.78 is 50.0. The number of ether oxygens (including phenoxy) is 2. The second-order valence-electron chi connectivity index (χ2n) is 12.4. The van der Waals surface area contributed by atoms with E-state index in [0.29, 0.717) is 29.7 Å². The van der Waals surface area contributed by atoms with Crippen LogP contribution in [0.4, 0.5) is 18.9 Å². The summed E-state index contributed by atoms with van der Waals surface area (Å²) >= 11 is 0. The maximum atomic E-state index is 13.6. The summed E-state index contributed by atoms with van der Waals surface area (Å²) in [4.78, 5) is 69.4. The number of hydrogen-bond donors (Lipinski definition) is 2. The number of esters is 2. The molecule has 0 bridgehead atoms. The number of alkyl halides is 3. The van der Waals surface area contributed by atoms with Gasteiger partial charge in [-0.25, -0.2) is 9.59 Å².